The van der Waals surface area contributed by atoms with Crippen LogP contribution in [0, 0.1) is 0 Å². The van der Waals surface area contributed by atoms with Crippen LogP contribution in [-0.2, 0) is 13.6 Å². The van der Waals surface area contributed by atoms with Crippen LogP contribution in [0.1, 0.15) is 10.5 Å². The number of aryl methyl sites for hydroxylation is 1. The molecular weight excluding hydrogens is 360 g/mol. The van der Waals surface area contributed by atoms with Crippen molar-refractivity contribution in [2.24, 2.45) is 7.05 Å². The van der Waals surface area contributed by atoms with Gasteiger partial charge >= 0.3 is 0 Å². The molecule has 0 fully saturated rings. The van der Waals surface area contributed by atoms with E-state index in [1.54, 1.807) is 47.7 Å². The van der Waals surface area contributed by atoms with Crippen LogP contribution in [0.2, 0.25) is 0 Å². The molecule has 0 spiro atoms. The predicted octanol–water partition coefficient (Wildman–Crippen LogP) is 2.84. The molecule has 8 heteroatoms. The predicted molar refractivity (Wildman–Crippen MR) is 104 cm³/mol. The van der Waals surface area contributed by atoms with Gasteiger partial charge in [0.2, 0.25) is 0 Å². The summed E-state index contributed by atoms with van der Waals surface area (Å²) in [7, 11) is 1.75. The molecule has 27 heavy (non-hydrogen) atoms. The molecule has 4 rings (SSSR count). The molecule has 1 N–H and O–H groups in total. The lowest BCUT2D eigenvalue weighted by Gasteiger charge is -2.10. The molecule has 0 unspecified atom stereocenters. The topological polar surface area (TPSA) is 77.6 Å². The fourth-order valence-electron chi connectivity index (χ4n) is 2.93. The fourth-order valence-corrected chi connectivity index (χ4v) is 3.72. The standard InChI is InChI=1S/C19H18N6OS/c1-24-16(6-9-22-24)19(26)21-10-11-25-18(17-3-2-12-27-17)15(13-23-25)14-4-7-20-8-5-14/h2-9,12-13H,10-11H2,1H3,(H,21,26). The van der Waals surface area contributed by atoms with E-state index >= 15 is 0 Å². The molecule has 0 atom stereocenters. The van der Waals surface area contributed by atoms with E-state index in [4.69, 9.17) is 0 Å². The molecule has 7 nitrogen and oxygen atoms in total. The average molecular weight is 378 g/mol. The Kier molecular flexibility index (Phi) is 4.80. The zero-order valence-corrected chi connectivity index (χ0v) is 15.6. The summed E-state index contributed by atoms with van der Waals surface area (Å²) in [6, 6.07) is 9.75. The highest BCUT2D eigenvalue weighted by atomic mass is 32.1. The number of thiophene rings is 1. The summed E-state index contributed by atoms with van der Waals surface area (Å²) < 4.78 is 3.49. The van der Waals surface area contributed by atoms with Gasteiger partial charge in [-0.1, -0.05) is 6.07 Å². The highest BCUT2D eigenvalue weighted by Crippen LogP contribution is 2.34. The van der Waals surface area contributed by atoms with E-state index in [0.29, 0.717) is 18.8 Å². The number of hydrogen-bond acceptors (Lipinski definition) is 5. The van der Waals surface area contributed by atoms with E-state index < -0.39 is 0 Å². The highest BCUT2D eigenvalue weighted by Gasteiger charge is 2.16. The second-order valence-electron chi connectivity index (χ2n) is 5.94. The van der Waals surface area contributed by atoms with Crippen molar-refractivity contribution in [2.45, 2.75) is 6.54 Å². The number of carbonyl (C=O) groups is 1. The van der Waals surface area contributed by atoms with Crippen LogP contribution in [-0.4, -0.2) is 37.0 Å². The van der Waals surface area contributed by atoms with Crippen molar-refractivity contribution in [1.29, 1.82) is 0 Å². The van der Waals surface area contributed by atoms with Gasteiger partial charge in [0.1, 0.15) is 5.69 Å². The zero-order valence-electron chi connectivity index (χ0n) is 14.7. The Hall–Kier alpha value is -3.26. The minimum absolute atomic E-state index is 0.144. The zero-order chi connectivity index (χ0) is 18.6. The summed E-state index contributed by atoms with van der Waals surface area (Å²) in [5, 5.41) is 13.6. The van der Waals surface area contributed by atoms with E-state index in [2.05, 4.69) is 26.6 Å². The molecule has 0 aromatic carbocycles. The number of amides is 1. The summed E-state index contributed by atoms with van der Waals surface area (Å²) in [6.07, 6.45) is 7.03. The lowest BCUT2D eigenvalue weighted by Crippen LogP contribution is -2.29. The van der Waals surface area contributed by atoms with E-state index in [1.807, 2.05) is 34.5 Å². The van der Waals surface area contributed by atoms with E-state index in [1.165, 1.54) is 0 Å². The third kappa shape index (κ3) is 3.52. The number of nitrogens with one attached hydrogen (secondary N) is 1. The number of nitrogens with zero attached hydrogens (tertiary/aromatic N) is 5. The molecule has 0 bridgehead atoms. The van der Waals surface area contributed by atoms with Crippen LogP contribution in [0.3, 0.4) is 0 Å². The van der Waals surface area contributed by atoms with Crippen LogP contribution in [0.4, 0.5) is 0 Å². The van der Waals surface area contributed by atoms with Gasteiger partial charge in [-0.05, 0) is 35.2 Å². The first-order chi connectivity index (χ1) is 13.2. The molecule has 0 aliphatic carbocycles. The maximum Gasteiger partial charge on any atom is 0.269 e. The second-order valence-corrected chi connectivity index (χ2v) is 6.89. The Bertz CT molecular complexity index is 1040. The Morgan fingerprint density at radius 2 is 2.00 bits per heavy atom. The summed E-state index contributed by atoms with van der Waals surface area (Å²) >= 11 is 1.67. The molecule has 0 aliphatic rings. The Balaban J connectivity index is 1.55. The van der Waals surface area contributed by atoms with Crippen molar-refractivity contribution >= 4 is 17.2 Å². The molecule has 4 heterocycles. The van der Waals surface area contributed by atoms with Gasteiger partial charge in [-0.3, -0.25) is 19.1 Å². The number of rotatable bonds is 6. The summed E-state index contributed by atoms with van der Waals surface area (Å²) in [4.78, 5) is 17.5. The first kappa shape index (κ1) is 17.2. The lowest BCUT2D eigenvalue weighted by molar-refractivity contribution is 0.0942. The van der Waals surface area contributed by atoms with Gasteiger partial charge in [0.05, 0.1) is 23.3 Å². The van der Waals surface area contributed by atoms with Crippen molar-refractivity contribution in [2.75, 3.05) is 6.54 Å². The maximum absolute atomic E-state index is 12.3. The first-order valence-electron chi connectivity index (χ1n) is 8.50. The molecule has 136 valence electrons. The van der Waals surface area contributed by atoms with Gasteiger partial charge in [0.15, 0.2) is 0 Å². The van der Waals surface area contributed by atoms with Crippen LogP contribution in [0.15, 0.2) is 60.5 Å². The van der Waals surface area contributed by atoms with Crippen LogP contribution < -0.4 is 5.32 Å². The van der Waals surface area contributed by atoms with E-state index in [-0.39, 0.29) is 5.91 Å². The quantitative estimate of drug-likeness (QED) is 0.560. The molecular formula is C19H18N6OS. The average Bonchev–Trinajstić information content (AvgIpc) is 3.42. The van der Waals surface area contributed by atoms with Gasteiger partial charge in [0.25, 0.3) is 5.91 Å². The number of pyridine rings is 1. The third-order valence-corrected chi connectivity index (χ3v) is 5.12. The minimum Gasteiger partial charge on any atom is -0.349 e. The van der Waals surface area contributed by atoms with Crippen molar-refractivity contribution in [3.05, 3.63) is 66.2 Å². The van der Waals surface area contributed by atoms with Crippen molar-refractivity contribution < 1.29 is 4.79 Å². The fraction of sp³-hybridized carbons (Fsp3) is 0.158. The first-order valence-corrected chi connectivity index (χ1v) is 9.38. The minimum atomic E-state index is -0.144. The third-order valence-electron chi connectivity index (χ3n) is 4.25. The van der Waals surface area contributed by atoms with Gasteiger partial charge in [-0.2, -0.15) is 10.2 Å². The highest BCUT2D eigenvalue weighted by molar-refractivity contribution is 7.13. The normalized spacial score (nSPS) is 10.9. The van der Waals surface area contributed by atoms with Gasteiger partial charge < -0.3 is 5.32 Å². The molecule has 4 aromatic heterocycles. The molecule has 0 saturated heterocycles. The maximum atomic E-state index is 12.3. The largest absolute Gasteiger partial charge is 0.349 e. The van der Waals surface area contributed by atoms with Crippen LogP contribution in [0.25, 0.3) is 21.7 Å². The van der Waals surface area contributed by atoms with Gasteiger partial charge in [-0.15, -0.1) is 11.3 Å². The van der Waals surface area contributed by atoms with Crippen molar-refractivity contribution in [3.8, 4) is 21.7 Å². The SMILES string of the molecule is Cn1nccc1C(=O)NCCn1ncc(-c2ccncc2)c1-c1cccs1. The smallest absolute Gasteiger partial charge is 0.269 e. The Morgan fingerprint density at radius 1 is 1.15 bits per heavy atom. The van der Waals surface area contributed by atoms with Crippen molar-refractivity contribution in [1.82, 2.24) is 29.9 Å². The molecule has 1 amide bonds. The van der Waals surface area contributed by atoms with E-state index in [0.717, 1.165) is 21.7 Å². The van der Waals surface area contributed by atoms with E-state index in [9.17, 15) is 4.79 Å². The van der Waals surface area contributed by atoms with Gasteiger partial charge in [0, 0.05) is 37.7 Å². The summed E-state index contributed by atoms with van der Waals surface area (Å²) in [5.74, 6) is -0.144. The Labute approximate surface area is 160 Å². The Morgan fingerprint density at radius 3 is 2.70 bits per heavy atom. The summed E-state index contributed by atoms with van der Waals surface area (Å²) in [5.41, 5.74) is 3.70. The number of aromatic nitrogens is 5. The molecule has 0 aliphatic heterocycles. The molecule has 0 radical (unpaired) electrons. The summed E-state index contributed by atoms with van der Waals surface area (Å²) in [6.45, 7) is 1.04. The second kappa shape index (κ2) is 7.55. The lowest BCUT2D eigenvalue weighted by atomic mass is 10.1. The number of carbonyl (C=O) groups excluding carboxylic acids is 1. The molecule has 0 saturated carbocycles. The van der Waals surface area contributed by atoms with Crippen LogP contribution >= 0.6 is 11.3 Å². The van der Waals surface area contributed by atoms with Crippen molar-refractivity contribution in [3.63, 3.8) is 0 Å². The molecule has 4 aromatic rings. The van der Waals surface area contributed by atoms with Gasteiger partial charge in [-0.25, -0.2) is 0 Å². The number of hydrogen-bond donors (Lipinski definition) is 1. The monoisotopic (exact) mass is 378 g/mol. The van der Waals surface area contributed by atoms with Crippen LogP contribution in [0.5, 0.6) is 0 Å².